The summed E-state index contributed by atoms with van der Waals surface area (Å²) in [5.74, 6) is -1.96. The fourth-order valence-electron chi connectivity index (χ4n) is 4.59. The molecule has 0 saturated carbocycles. The molecule has 5 rings (SSSR count). The third kappa shape index (κ3) is 6.34. The third-order valence-electron chi connectivity index (χ3n) is 6.82. The number of nitrogens with zero attached hydrogens (tertiary/aromatic N) is 4. The van der Waals surface area contributed by atoms with Crippen molar-refractivity contribution in [3.63, 3.8) is 0 Å². The number of rotatable bonds is 10. The van der Waals surface area contributed by atoms with E-state index in [1.165, 1.54) is 38.5 Å². The number of imidazole rings is 1. The standard InChI is InChI=1S/C32H25F3N4O4/c1-41-11-10-39-29-15-23(32(40)42-2)26(35)16-28(29)37-30(39)14-20-8-9-21(13-25(20)34)27-4-3-5-31(38-27)43-18-22-7-6-19(17-36)12-24(22)33/h3-9,12-13,15-16H,10-11,14,18H2,1-2H3. The van der Waals surface area contributed by atoms with Crippen LogP contribution in [0.2, 0.25) is 0 Å². The van der Waals surface area contributed by atoms with Gasteiger partial charge >= 0.3 is 5.97 Å². The zero-order chi connectivity index (χ0) is 30.5. The van der Waals surface area contributed by atoms with Gasteiger partial charge in [-0.05, 0) is 35.9 Å². The second-order valence-corrected chi connectivity index (χ2v) is 9.54. The van der Waals surface area contributed by atoms with Gasteiger partial charge in [-0.2, -0.15) is 5.26 Å². The van der Waals surface area contributed by atoms with Crippen LogP contribution >= 0.6 is 0 Å². The third-order valence-corrected chi connectivity index (χ3v) is 6.82. The van der Waals surface area contributed by atoms with E-state index in [2.05, 4.69) is 14.7 Å². The number of carbonyl (C=O) groups is 1. The van der Waals surface area contributed by atoms with E-state index in [9.17, 15) is 13.6 Å². The van der Waals surface area contributed by atoms with E-state index in [4.69, 9.17) is 14.7 Å². The number of nitriles is 1. The van der Waals surface area contributed by atoms with Gasteiger partial charge in [-0.1, -0.05) is 24.3 Å². The maximum absolute atomic E-state index is 15.4. The lowest BCUT2D eigenvalue weighted by molar-refractivity contribution is 0.0595. The molecule has 0 atom stereocenters. The van der Waals surface area contributed by atoms with E-state index in [0.29, 0.717) is 46.8 Å². The molecule has 8 nitrogen and oxygen atoms in total. The molecule has 0 unspecified atom stereocenters. The molecule has 2 aromatic heterocycles. The van der Waals surface area contributed by atoms with Crippen molar-refractivity contribution in [3.05, 3.63) is 112 Å². The number of hydrogen-bond donors (Lipinski definition) is 0. The van der Waals surface area contributed by atoms with Crippen LogP contribution in [0.15, 0.2) is 66.7 Å². The average Bonchev–Trinajstić information content (AvgIpc) is 3.34. The Hall–Kier alpha value is -5.21. The number of ether oxygens (including phenoxy) is 3. The van der Waals surface area contributed by atoms with E-state index in [1.807, 2.05) is 6.07 Å². The molecule has 0 amide bonds. The number of esters is 1. The summed E-state index contributed by atoms with van der Waals surface area (Å²) in [6.07, 6.45) is 0.0897. The Morgan fingerprint density at radius 3 is 2.44 bits per heavy atom. The van der Waals surface area contributed by atoms with Crippen LogP contribution in [0.4, 0.5) is 13.2 Å². The van der Waals surface area contributed by atoms with E-state index in [1.54, 1.807) is 34.9 Å². The molecule has 0 aliphatic rings. The van der Waals surface area contributed by atoms with Crippen molar-refractivity contribution in [1.82, 2.24) is 14.5 Å². The monoisotopic (exact) mass is 586 g/mol. The van der Waals surface area contributed by atoms with Crippen molar-refractivity contribution in [2.24, 2.45) is 0 Å². The zero-order valence-electron chi connectivity index (χ0n) is 23.2. The van der Waals surface area contributed by atoms with E-state index in [-0.39, 0.29) is 35.6 Å². The largest absolute Gasteiger partial charge is 0.473 e. The number of fused-ring (bicyclic) bond motifs is 1. The number of methoxy groups -OCH3 is 2. The molecule has 0 aliphatic carbocycles. The summed E-state index contributed by atoms with van der Waals surface area (Å²) in [6.45, 7) is 0.556. The second kappa shape index (κ2) is 12.8. The summed E-state index contributed by atoms with van der Waals surface area (Å²) in [5.41, 5.74) is 2.34. The molecule has 11 heteroatoms. The molecule has 2 heterocycles. The molecule has 0 fully saturated rings. The number of pyridine rings is 1. The molecule has 0 aliphatic heterocycles. The first-order valence-corrected chi connectivity index (χ1v) is 13.1. The van der Waals surface area contributed by atoms with Gasteiger partial charge in [0.25, 0.3) is 0 Å². The Morgan fingerprint density at radius 2 is 1.72 bits per heavy atom. The van der Waals surface area contributed by atoms with Gasteiger partial charge in [-0.15, -0.1) is 0 Å². The van der Waals surface area contributed by atoms with Crippen LogP contribution in [0.25, 0.3) is 22.3 Å². The van der Waals surface area contributed by atoms with Crippen molar-refractivity contribution in [3.8, 4) is 23.2 Å². The minimum Gasteiger partial charge on any atom is -0.473 e. The highest BCUT2D eigenvalue weighted by Crippen LogP contribution is 2.27. The molecule has 0 radical (unpaired) electrons. The van der Waals surface area contributed by atoms with Crippen molar-refractivity contribution >= 4 is 17.0 Å². The van der Waals surface area contributed by atoms with Gasteiger partial charge < -0.3 is 18.8 Å². The van der Waals surface area contributed by atoms with Crippen LogP contribution in [0.1, 0.15) is 32.9 Å². The summed E-state index contributed by atoms with van der Waals surface area (Å²) in [5, 5.41) is 8.91. The first kappa shape index (κ1) is 29.3. The molecule has 0 N–H and O–H groups in total. The quantitative estimate of drug-likeness (QED) is 0.185. The summed E-state index contributed by atoms with van der Waals surface area (Å²) >= 11 is 0. The highest BCUT2D eigenvalue weighted by atomic mass is 19.1. The Morgan fingerprint density at radius 1 is 0.930 bits per heavy atom. The highest BCUT2D eigenvalue weighted by molar-refractivity contribution is 5.94. The normalized spacial score (nSPS) is 11.0. The van der Waals surface area contributed by atoms with Gasteiger partial charge in [0.05, 0.1) is 47.6 Å². The first-order valence-electron chi connectivity index (χ1n) is 13.1. The number of carbonyl (C=O) groups excluding carboxylic acids is 1. The lowest BCUT2D eigenvalue weighted by atomic mass is 10.1. The minimum atomic E-state index is -0.813. The van der Waals surface area contributed by atoms with Crippen LogP contribution in [-0.2, 0) is 29.0 Å². The second-order valence-electron chi connectivity index (χ2n) is 9.54. The fourth-order valence-corrected chi connectivity index (χ4v) is 4.59. The van der Waals surface area contributed by atoms with Crippen LogP contribution in [0, 0.1) is 28.8 Å². The van der Waals surface area contributed by atoms with Crippen LogP contribution in [-0.4, -0.2) is 41.3 Å². The minimum absolute atomic E-state index is 0.0897. The number of benzene rings is 3. The van der Waals surface area contributed by atoms with Gasteiger partial charge in [0.15, 0.2) is 0 Å². The molecule has 0 bridgehead atoms. The maximum Gasteiger partial charge on any atom is 0.340 e. The zero-order valence-corrected chi connectivity index (χ0v) is 23.2. The summed E-state index contributed by atoms with van der Waals surface area (Å²) < 4.78 is 61.5. The summed E-state index contributed by atoms with van der Waals surface area (Å²) in [7, 11) is 2.71. The summed E-state index contributed by atoms with van der Waals surface area (Å²) in [4.78, 5) is 21.0. The van der Waals surface area contributed by atoms with Crippen LogP contribution in [0.3, 0.4) is 0 Å². The smallest absolute Gasteiger partial charge is 0.340 e. The molecule has 5 aromatic rings. The maximum atomic E-state index is 15.4. The molecule has 3 aromatic carbocycles. The predicted molar refractivity (Wildman–Crippen MR) is 151 cm³/mol. The van der Waals surface area contributed by atoms with Crippen molar-refractivity contribution in [1.29, 1.82) is 5.26 Å². The predicted octanol–water partition coefficient (Wildman–Crippen LogP) is 5.99. The Balaban J connectivity index is 1.38. The van der Waals surface area contributed by atoms with Crippen molar-refractivity contribution < 1.29 is 32.2 Å². The molecular formula is C32H25F3N4O4. The molecule has 0 spiro atoms. The lowest BCUT2D eigenvalue weighted by Gasteiger charge is -2.11. The first-order chi connectivity index (χ1) is 20.8. The van der Waals surface area contributed by atoms with Gasteiger partial charge in [0.2, 0.25) is 5.88 Å². The topological polar surface area (TPSA) is 99.3 Å². The average molecular weight is 587 g/mol. The Kier molecular flexibility index (Phi) is 8.69. The highest BCUT2D eigenvalue weighted by Gasteiger charge is 2.20. The lowest BCUT2D eigenvalue weighted by Crippen LogP contribution is -2.10. The molecular weight excluding hydrogens is 561 g/mol. The number of aromatic nitrogens is 3. The Labute approximate surface area is 244 Å². The van der Waals surface area contributed by atoms with Crippen LogP contribution in [0.5, 0.6) is 5.88 Å². The van der Waals surface area contributed by atoms with Crippen molar-refractivity contribution in [2.45, 2.75) is 19.6 Å². The molecule has 43 heavy (non-hydrogen) atoms. The van der Waals surface area contributed by atoms with E-state index in [0.717, 1.165) is 12.1 Å². The van der Waals surface area contributed by atoms with Crippen LogP contribution < -0.4 is 4.74 Å². The Bertz CT molecular complexity index is 1870. The van der Waals surface area contributed by atoms with Gasteiger partial charge in [-0.25, -0.2) is 27.9 Å². The van der Waals surface area contributed by atoms with E-state index < -0.39 is 23.4 Å². The van der Waals surface area contributed by atoms with Gasteiger partial charge in [0, 0.05) is 43.3 Å². The van der Waals surface area contributed by atoms with Crippen molar-refractivity contribution in [2.75, 3.05) is 20.8 Å². The number of halogens is 3. The fraction of sp³-hybridized carbons (Fsp3) is 0.188. The molecule has 218 valence electrons. The molecule has 0 saturated heterocycles. The number of hydrogen-bond acceptors (Lipinski definition) is 7. The summed E-state index contributed by atoms with van der Waals surface area (Å²) in [6, 6.07) is 18.2. The SMILES string of the molecule is COCCn1c(Cc2ccc(-c3cccc(OCc4ccc(C#N)cc4F)n3)cc2F)nc2cc(F)c(C(=O)OC)cc21. The van der Waals surface area contributed by atoms with E-state index >= 15 is 4.39 Å². The van der Waals surface area contributed by atoms with Gasteiger partial charge in [-0.3, -0.25) is 0 Å². The van der Waals surface area contributed by atoms with Gasteiger partial charge in [0.1, 0.15) is 29.9 Å².